The lowest BCUT2D eigenvalue weighted by molar-refractivity contribution is -0.121. The first-order chi connectivity index (χ1) is 5.74. The van der Waals surface area contributed by atoms with Crippen LogP contribution in [0.5, 0.6) is 0 Å². The van der Waals surface area contributed by atoms with Gasteiger partial charge < -0.3 is 10.4 Å². The summed E-state index contributed by atoms with van der Waals surface area (Å²) in [6.45, 7) is 1.97. The summed E-state index contributed by atoms with van der Waals surface area (Å²) in [5.41, 5.74) is 0. The second-order valence-electron chi connectivity index (χ2n) is 2.60. The Hall–Kier alpha value is -0.220. The summed E-state index contributed by atoms with van der Waals surface area (Å²) in [5, 5.41) is 11.5. The average Bonchev–Trinajstić information content (AvgIpc) is 2.10. The third-order valence-corrected chi connectivity index (χ3v) is 2.22. The largest absolute Gasteiger partial charge is 0.394 e. The molecule has 0 aliphatic carbocycles. The van der Waals surface area contributed by atoms with Crippen LogP contribution in [0.4, 0.5) is 0 Å². The van der Waals surface area contributed by atoms with Gasteiger partial charge in [-0.05, 0) is 12.7 Å². The lowest BCUT2D eigenvalue weighted by Gasteiger charge is -2.13. The zero-order chi connectivity index (χ0) is 9.40. The van der Waals surface area contributed by atoms with Crippen molar-refractivity contribution in [3.8, 4) is 0 Å². The highest BCUT2D eigenvalue weighted by Gasteiger charge is 2.07. The monoisotopic (exact) mass is 191 g/mol. The molecule has 0 radical (unpaired) electrons. The summed E-state index contributed by atoms with van der Waals surface area (Å²) >= 11 is 1.65. The number of hydrogen-bond donors (Lipinski definition) is 2. The van der Waals surface area contributed by atoms with Crippen LogP contribution >= 0.6 is 11.8 Å². The number of hydrogen-bond acceptors (Lipinski definition) is 3. The fourth-order valence-corrected chi connectivity index (χ4v) is 1.16. The third-order valence-electron chi connectivity index (χ3n) is 1.61. The topological polar surface area (TPSA) is 49.3 Å². The summed E-state index contributed by atoms with van der Waals surface area (Å²) in [4.78, 5) is 11.1. The fourth-order valence-electron chi connectivity index (χ4n) is 0.771. The number of rotatable bonds is 6. The molecule has 4 heteroatoms. The maximum Gasteiger partial charge on any atom is 0.221 e. The third kappa shape index (κ3) is 5.43. The quantitative estimate of drug-likeness (QED) is 0.647. The van der Waals surface area contributed by atoms with Gasteiger partial charge in [0.15, 0.2) is 0 Å². The molecule has 0 saturated heterocycles. The van der Waals surface area contributed by atoms with Crippen LogP contribution < -0.4 is 5.32 Å². The first kappa shape index (κ1) is 11.8. The zero-order valence-corrected chi connectivity index (χ0v) is 8.49. The number of carbonyl (C=O) groups is 1. The van der Waals surface area contributed by atoms with E-state index in [0.29, 0.717) is 6.42 Å². The average molecular weight is 191 g/mol. The first-order valence-corrected chi connectivity index (χ1v) is 5.53. The predicted octanol–water partition coefficient (Wildman–Crippen LogP) is 0.627. The summed E-state index contributed by atoms with van der Waals surface area (Å²) in [6, 6.07) is -0.0700. The molecule has 0 unspecified atom stereocenters. The van der Waals surface area contributed by atoms with Crippen molar-refractivity contribution in [2.45, 2.75) is 25.8 Å². The molecule has 0 rings (SSSR count). The van der Waals surface area contributed by atoms with Crippen LogP contribution in [0.15, 0.2) is 0 Å². The fraction of sp³-hybridized carbons (Fsp3) is 0.875. The lowest BCUT2D eigenvalue weighted by Crippen LogP contribution is -2.37. The summed E-state index contributed by atoms with van der Waals surface area (Å²) in [7, 11) is 0. The molecule has 2 N–H and O–H groups in total. The molecule has 1 atom stereocenters. The Kier molecular flexibility index (Phi) is 7.29. The molecule has 0 spiro atoms. The normalized spacial score (nSPS) is 12.6. The van der Waals surface area contributed by atoms with Crippen LogP contribution in [0.25, 0.3) is 0 Å². The molecule has 0 heterocycles. The van der Waals surface area contributed by atoms with Crippen LogP contribution in [0.3, 0.4) is 0 Å². The van der Waals surface area contributed by atoms with E-state index < -0.39 is 0 Å². The van der Waals surface area contributed by atoms with Crippen molar-refractivity contribution in [3.05, 3.63) is 0 Å². The van der Waals surface area contributed by atoms with Crippen molar-refractivity contribution < 1.29 is 9.90 Å². The molecular formula is C8H17NO2S. The number of aliphatic hydroxyl groups is 1. The second kappa shape index (κ2) is 7.43. The Bertz CT molecular complexity index is 126. The van der Waals surface area contributed by atoms with E-state index in [1.165, 1.54) is 0 Å². The van der Waals surface area contributed by atoms with Crippen molar-refractivity contribution in [2.24, 2.45) is 0 Å². The van der Waals surface area contributed by atoms with E-state index in [-0.39, 0.29) is 18.6 Å². The maximum atomic E-state index is 11.1. The van der Waals surface area contributed by atoms with Crippen LogP contribution in [0, 0.1) is 0 Å². The summed E-state index contributed by atoms with van der Waals surface area (Å²) in [6.07, 6.45) is 3.29. The van der Waals surface area contributed by atoms with Crippen molar-refractivity contribution in [1.29, 1.82) is 0 Å². The number of thioether (sulfide) groups is 1. The molecule has 0 aliphatic rings. The predicted molar refractivity (Wildman–Crippen MR) is 52.3 cm³/mol. The van der Waals surface area contributed by atoms with E-state index in [9.17, 15) is 4.79 Å². The zero-order valence-electron chi connectivity index (χ0n) is 7.67. The molecule has 0 saturated carbocycles. The smallest absolute Gasteiger partial charge is 0.221 e. The molecule has 3 nitrogen and oxygen atoms in total. The summed E-state index contributed by atoms with van der Waals surface area (Å²) < 4.78 is 0. The molecule has 0 fully saturated rings. The van der Waals surface area contributed by atoms with Crippen molar-refractivity contribution in [3.63, 3.8) is 0 Å². The van der Waals surface area contributed by atoms with Crippen LogP contribution in [0.1, 0.15) is 19.8 Å². The van der Waals surface area contributed by atoms with Gasteiger partial charge in [-0.25, -0.2) is 0 Å². The number of nitrogens with one attached hydrogen (secondary N) is 1. The molecule has 0 aromatic heterocycles. The van der Waals surface area contributed by atoms with Gasteiger partial charge in [-0.3, -0.25) is 4.79 Å². The molecule has 0 aliphatic heterocycles. The van der Waals surface area contributed by atoms with Gasteiger partial charge in [-0.2, -0.15) is 11.8 Å². The van der Waals surface area contributed by atoms with Gasteiger partial charge in [-0.1, -0.05) is 6.92 Å². The minimum absolute atomic E-state index is 0.0293. The van der Waals surface area contributed by atoms with Gasteiger partial charge >= 0.3 is 0 Å². The van der Waals surface area contributed by atoms with E-state index in [4.69, 9.17) is 5.11 Å². The van der Waals surface area contributed by atoms with Crippen molar-refractivity contribution >= 4 is 17.7 Å². The number of amides is 1. The molecule has 1 amide bonds. The number of aliphatic hydroxyl groups excluding tert-OH is 1. The minimum atomic E-state index is -0.0700. The first-order valence-electron chi connectivity index (χ1n) is 4.13. The standard InChI is InChI=1S/C8H17NO2S/c1-3-7(6-10)9-8(11)4-5-12-2/h7,10H,3-6H2,1-2H3,(H,9,11)/t7-/m0/s1. The molecule has 0 bridgehead atoms. The highest BCUT2D eigenvalue weighted by atomic mass is 32.2. The molecule has 72 valence electrons. The molecule has 0 aromatic carbocycles. The number of carbonyl (C=O) groups excluding carboxylic acids is 1. The Morgan fingerprint density at radius 3 is 2.75 bits per heavy atom. The van der Waals surface area contributed by atoms with E-state index in [1.54, 1.807) is 11.8 Å². The summed E-state index contributed by atoms with van der Waals surface area (Å²) in [5.74, 6) is 0.874. The van der Waals surface area contributed by atoms with Gasteiger partial charge in [0.2, 0.25) is 5.91 Å². The van der Waals surface area contributed by atoms with Gasteiger partial charge in [-0.15, -0.1) is 0 Å². The van der Waals surface area contributed by atoms with Gasteiger partial charge in [0, 0.05) is 12.2 Å². The maximum absolute atomic E-state index is 11.1. The minimum Gasteiger partial charge on any atom is -0.394 e. The Labute approximate surface area is 77.9 Å². The van der Waals surface area contributed by atoms with E-state index in [2.05, 4.69) is 5.32 Å². The molecular weight excluding hydrogens is 174 g/mol. The van der Waals surface area contributed by atoms with E-state index in [0.717, 1.165) is 12.2 Å². The van der Waals surface area contributed by atoms with Crippen LogP contribution in [-0.4, -0.2) is 35.7 Å². The van der Waals surface area contributed by atoms with Gasteiger partial charge in [0.05, 0.1) is 12.6 Å². The van der Waals surface area contributed by atoms with E-state index in [1.807, 2.05) is 13.2 Å². The second-order valence-corrected chi connectivity index (χ2v) is 3.58. The Morgan fingerprint density at radius 1 is 1.67 bits per heavy atom. The SMILES string of the molecule is CC[C@@H](CO)NC(=O)CCSC. The van der Waals surface area contributed by atoms with Crippen molar-refractivity contribution in [1.82, 2.24) is 5.32 Å². The Morgan fingerprint density at radius 2 is 2.33 bits per heavy atom. The highest BCUT2D eigenvalue weighted by molar-refractivity contribution is 7.98. The van der Waals surface area contributed by atoms with Crippen LogP contribution in [-0.2, 0) is 4.79 Å². The molecule has 12 heavy (non-hydrogen) atoms. The van der Waals surface area contributed by atoms with Crippen molar-refractivity contribution in [2.75, 3.05) is 18.6 Å². The van der Waals surface area contributed by atoms with Crippen LogP contribution in [0.2, 0.25) is 0 Å². The van der Waals surface area contributed by atoms with Gasteiger partial charge in [0.25, 0.3) is 0 Å². The molecule has 0 aromatic rings. The Balaban J connectivity index is 3.52. The highest BCUT2D eigenvalue weighted by Crippen LogP contribution is 1.96. The van der Waals surface area contributed by atoms with Gasteiger partial charge in [0.1, 0.15) is 0 Å². The lowest BCUT2D eigenvalue weighted by atomic mass is 10.2. The van der Waals surface area contributed by atoms with E-state index >= 15 is 0 Å².